The molecule has 0 aliphatic carbocycles. The normalized spacial score (nSPS) is 16.6. The van der Waals surface area contributed by atoms with Gasteiger partial charge in [0.2, 0.25) is 0 Å². The third kappa shape index (κ3) is 7.89. The zero-order valence-electron chi connectivity index (χ0n) is 24.2. The highest BCUT2D eigenvalue weighted by molar-refractivity contribution is 5.91. The lowest BCUT2D eigenvalue weighted by Gasteiger charge is -2.17. The van der Waals surface area contributed by atoms with Crippen LogP contribution in [0, 0.1) is 0 Å². The first-order valence-corrected chi connectivity index (χ1v) is 14.9. The Morgan fingerprint density at radius 2 is 1.05 bits per heavy atom. The molecule has 5 rings (SSSR count). The van der Waals surface area contributed by atoms with Gasteiger partial charge in [0.1, 0.15) is 30.5 Å². The maximum atomic E-state index is 6.08. The van der Waals surface area contributed by atoms with Gasteiger partial charge in [-0.05, 0) is 129 Å². The van der Waals surface area contributed by atoms with Crippen molar-refractivity contribution in [2.24, 2.45) is 0 Å². The van der Waals surface area contributed by atoms with Crippen LogP contribution in [0.4, 0.5) is 0 Å². The van der Waals surface area contributed by atoms with Gasteiger partial charge in [0.05, 0.1) is 7.11 Å². The number of rotatable bonds is 13. The standard InChI is InChI=1S/C35H44N2O3/c1-28(30-9-15-33(16-10-30)39-25-23-36-19-3-4-20-36)35(27-29-7-13-32(38-2)14-8-29)31-11-17-34(18-12-31)40-26-24-37-21-5-6-22-37/h7-18H,3-6,19-27H2,1-2H3/b35-28-. The Kier molecular flexibility index (Phi) is 10.2. The van der Waals surface area contributed by atoms with Crippen molar-refractivity contribution in [1.29, 1.82) is 0 Å². The lowest BCUT2D eigenvalue weighted by atomic mass is 9.91. The molecule has 0 amide bonds. The van der Waals surface area contributed by atoms with Gasteiger partial charge in [0.15, 0.2) is 0 Å². The molecule has 2 aliphatic rings. The van der Waals surface area contributed by atoms with Crippen LogP contribution in [0.2, 0.25) is 0 Å². The van der Waals surface area contributed by atoms with Gasteiger partial charge >= 0.3 is 0 Å². The van der Waals surface area contributed by atoms with E-state index in [0.29, 0.717) is 0 Å². The molecule has 2 fully saturated rings. The van der Waals surface area contributed by atoms with Crippen molar-refractivity contribution in [3.63, 3.8) is 0 Å². The molecule has 5 heteroatoms. The number of likely N-dealkylation sites (tertiary alicyclic amines) is 2. The fourth-order valence-electron chi connectivity index (χ4n) is 5.72. The van der Waals surface area contributed by atoms with Crippen LogP contribution in [-0.2, 0) is 6.42 Å². The monoisotopic (exact) mass is 540 g/mol. The van der Waals surface area contributed by atoms with Crippen molar-refractivity contribution in [1.82, 2.24) is 9.80 Å². The number of ether oxygens (including phenoxy) is 3. The summed E-state index contributed by atoms with van der Waals surface area (Å²) < 4.78 is 17.5. The molecule has 2 heterocycles. The molecule has 3 aromatic carbocycles. The molecule has 0 aromatic heterocycles. The van der Waals surface area contributed by atoms with E-state index in [9.17, 15) is 0 Å². The fraction of sp³-hybridized carbons (Fsp3) is 0.429. The van der Waals surface area contributed by atoms with E-state index in [1.165, 1.54) is 79.7 Å². The van der Waals surface area contributed by atoms with Crippen LogP contribution in [0.3, 0.4) is 0 Å². The summed E-state index contributed by atoms with van der Waals surface area (Å²) in [7, 11) is 1.71. The molecule has 2 saturated heterocycles. The molecule has 40 heavy (non-hydrogen) atoms. The number of allylic oxidation sites excluding steroid dienone is 2. The van der Waals surface area contributed by atoms with Gasteiger partial charge < -0.3 is 14.2 Å². The average Bonchev–Trinajstić information content (AvgIpc) is 3.72. The molecule has 0 bridgehead atoms. The third-order valence-electron chi connectivity index (χ3n) is 8.23. The van der Waals surface area contributed by atoms with Crippen molar-refractivity contribution in [3.05, 3.63) is 89.5 Å². The minimum Gasteiger partial charge on any atom is -0.497 e. The van der Waals surface area contributed by atoms with E-state index in [0.717, 1.165) is 50.0 Å². The zero-order valence-corrected chi connectivity index (χ0v) is 24.2. The molecule has 3 aromatic rings. The first-order chi connectivity index (χ1) is 19.7. The number of benzene rings is 3. The molecule has 0 spiro atoms. The van der Waals surface area contributed by atoms with Gasteiger partial charge in [-0.3, -0.25) is 9.80 Å². The Morgan fingerprint density at radius 1 is 0.600 bits per heavy atom. The number of hydrogen-bond acceptors (Lipinski definition) is 5. The largest absolute Gasteiger partial charge is 0.497 e. The maximum absolute atomic E-state index is 6.08. The summed E-state index contributed by atoms with van der Waals surface area (Å²) in [6, 6.07) is 25.6. The lowest BCUT2D eigenvalue weighted by molar-refractivity contribution is 0.237. The van der Waals surface area contributed by atoms with Gasteiger partial charge in [0, 0.05) is 13.1 Å². The number of methoxy groups -OCH3 is 1. The molecule has 0 saturated carbocycles. The van der Waals surface area contributed by atoms with E-state index in [1.54, 1.807) is 7.11 Å². The average molecular weight is 541 g/mol. The molecule has 2 aliphatic heterocycles. The smallest absolute Gasteiger partial charge is 0.119 e. The van der Waals surface area contributed by atoms with Gasteiger partial charge in [-0.2, -0.15) is 0 Å². The summed E-state index contributed by atoms with van der Waals surface area (Å²) in [6.45, 7) is 10.5. The maximum Gasteiger partial charge on any atom is 0.119 e. The predicted octanol–water partition coefficient (Wildman–Crippen LogP) is 6.82. The summed E-state index contributed by atoms with van der Waals surface area (Å²) in [6.07, 6.45) is 6.08. The van der Waals surface area contributed by atoms with E-state index in [4.69, 9.17) is 14.2 Å². The molecule has 0 atom stereocenters. The molecule has 0 radical (unpaired) electrons. The summed E-state index contributed by atoms with van der Waals surface area (Å²) in [5.41, 5.74) is 6.24. The predicted molar refractivity (Wildman–Crippen MR) is 164 cm³/mol. The van der Waals surface area contributed by atoms with Crippen LogP contribution < -0.4 is 14.2 Å². The van der Waals surface area contributed by atoms with Crippen molar-refractivity contribution in [2.45, 2.75) is 39.0 Å². The topological polar surface area (TPSA) is 34.2 Å². The van der Waals surface area contributed by atoms with Crippen LogP contribution in [0.25, 0.3) is 11.1 Å². The SMILES string of the molecule is COc1ccc(C/C(=C(\C)c2ccc(OCCN3CCCC3)cc2)c2ccc(OCCN3CCCC3)cc2)cc1. The van der Waals surface area contributed by atoms with Crippen LogP contribution in [0.15, 0.2) is 72.8 Å². The van der Waals surface area contributed by atoms with Crippen LogP contribution in [0.1, 0.15) is 49.3 Å². The van der Waals surface area contributed by atoms with E-state index in [-0.39, 0.29) is 0 Å². The summed E-state index contributed by atoms with van der Waals surface area (Å²) in [5, 5.41) is 0. The minimum atomic E-state index is 0.735. The minimum absolute atomic E-state index is 0.735. The van der Waals surface area contributed by atoms with Crippen LogP contribution in [-0.4, -0.2) is 69.4 Å². The molecular formula is C35H44N2O3. The molecule has 212 valence electrons. The second-order valence-corrected chi connectivity index (χ2v) is 11.0. The van der Waals surface area contributed by atoms with E-state index in [2.05, 4.69) is 77.4 Å². The van der Waals surface area contributed by atoms with Crippen molar-refractivity contribution >= 4 is 11.1 Å². The van der Waals surface area contributed by atoms with E-state index in [1.807, 2.05) is 12.1 Å². The van der Waals surface area contributed by atoms with Crippen molar-refractivity contribution in [2.75, 3.05) is 59.6 Å². The van der Waals surface area contributed by atoms with Gasteiger partial charge in [-0.15, -0.1) is 0 Å². The number of nitrogens with zero attached hydrogens (tertiary/aromatic N) is 2. The Hall–Kier alpha value is -3.28. The molecular weight excluding hydrogens is 496 g/mol. The first-order valence-electron chi connectivity index (χ1n) is 14.9. The second-order valence-electron chi connectivity index (χ2n) is 11.0. The highest BCUT2D eigenvalue weighted by Crippen LogP contribution is 2.32. The third-order valence-corrected chi connectivity index (χ3v) is 8.23. The highest BCUT2D eigenvalue weighted by atomic mass is 16.5. The summed E-state index contributed by atoms with van der Waals surface area (Å²) in [4.78, 5) is 4.97. The summed E-state index contributed by atoms with van der Waals surface area (Å²) in [5.74, 6) is 2.74. The Balaban J connectivity index is 1.29. The Morgan fingerprint density at radius 3 is 1.52 bits per heavy atom. The number of hydrogen-bond donors (Lipinski definition) is 0. The molecule has 0 N–H and O–H groups in total. The van der Waals surface area contributed by atoms with Crippen molar-refractivity contribution < 1.29 is 14.2 Å². The van der Waals surface area contributed by atoms with Gasteiger partial charge in [0.25, 0.3) is 0 Å². The van der Waals surface area contributed by atoms with Gasteiger partial charge in [-0.1, -0.05) is 36.4 Å². The molecule has 5 nitrogen and oxygen atoms in total. The lowest BCUT2D eigenvalue weighted by Crippen LogP contribution is -2.25. The second kappa shape index (κ2) is 14.4. The quantitative estimate of drug-likeness (QED) is 0.222. The Labute approximate surface area is 240 Å². The summed E-state index contributed by atoms with van der Waals surface area (Å²) >= 11 is 0. The first kappa shape index (κ1) is 28.3. The van der Waals surface area contributed by atoms with Crippen LogP contribution in [0.5, 0.6) is 17.2 Å². The van der Waals surface area contributed by atoms with E-state index < -0.39 is 0 Å². The molecule has 0 unspecified atom stereocenters. The van der Waals surface area contributed by atoms with Crippen molar-refractivity contribution in [3.8, 4) is 17.2 Å². The zero-order chi connectivity index (χ0) is 27.6. The van der Waals surface area contributed by atoms with E-state index >= 15 is 0 Å². The highest BCUT2D eigenvalue weighted by Gasteiger charge is 2.13. The Bertz CT molecular complexity index is 1210. The van der Waals surface area contributed by atoms with Gasteiger partial charge in [-0.25, -0.2) is 0 Å². The fourth-order valence-corrected chi connectivity index (χ4v) is 5.72. The van der Waals surface area contributed by atoms with Crippen LogP contribution >= 0.6 is 0 Å².